The van der Waals surface area contributed by atoms with Gasteiger partial charge in [-0.05, 0) is 56.2 Å². The standard InChI is InChI=1S/C30H30N2O3S/c1-4-15-35-30(34)27-22-14-11-19(3)16-26(22)36-29(27)32-28(33)23-17-25(20-12-9-18(2)10-13-20)31-24-8-6-5-7-21(23)24/h5-10,12-13,17,19H,4,11,14-16H2,1-3H3,(H,32,33)/t19-/m0/s1. The van der Waals surface area contributed by atoms with Gasteiger partial charge in [0, 0.05) is 15.8 Å². The van der Waals surface area contributed by atoms with Crippen LogP contribution < -0.4 is 5.32 Å². The fraction of sp³-hybridized carbons (Fsp3) is 0.300. The Hall–Kier alpha value is -3.51. The molecule has 4 aromatic rings. The van der Waals surface area contributed by atoms with E-state index < -0.39 is 0 Å². The number of hydrogen-bond donors (Lipinski definition) is 1. The van der Waals surface area contributed by atoms with Crippen LogP contribution in [0.15, 0.2) is 54.6 Å². The normalized spacial score (nSPS) is 14.9. The van der Waals surface area contributed by atoms with Crippen molar-refractivity contribution in [1.82, 2.24) is 4.98 Å². The van der Waals surface area contributed by atoms with Crippen LogP contribution in [0.2, 0.25) is 0 Å². The number of thiophene rings is 1. The lowest BCUT2D eigenvalue weighted by atomic mass is 9.88. The van der Waals surface area contributed by atoms with Crippen LogP contribution in [0.4, 0.5) is 5.00 Å². The Kier molecular flexibility index (Phi) is 6.88. The van der Waals surface area contributed by atoms with Gasteiger partial charge in [0.15, 0.2) is 0 Å². The maximum atomic E-state index is 13.7. The molecule has 2 aromatic carbocycles. The summed E-state index contributed by atoms with van der Waals surface area (Å²) in [4.78, 5) is 32.8. The topological polar surface area (TPSA) is 68.3 Å². The summed E-state index contributed by atoms with van der Waals surface area (Å²) in [6.45, 7) is 6.61. The lowest BCUT2D eigenvalue weighted by molar-refractivity contribution is 0.0505. The zero-order chi connectivity index (χ0) is 25.2. The van der Waals surface area contributed by atoms with Crippen LogP contribution in [-0.2, 0) is 17.6 Å². The van der Waals surface area contributed by atoms with Gasteiger partial charge in [0.1, 0.15) is 5.00 Å². The molecule has 0 unspecified atom stereocenters. The van der Waals surface area contributed by atoms with Gasteiger partial charge in [0.05, 0.1) is 28.9 Å². The summed E-state index contributed by atoms with van der Waals surface area (Å²) < 4.78 is 5.52. The number of aromatic nitrogens is 1. The highest BCUT2D eigenvalue weighted by Crippen LogP contribution is 2.40. The van der Waals surface area contributed by atoms with Crippen molar-refractivity contribution in [2.75, 3.05) is 11.9 Å². The number of anilines is 1. The largest absolute Gasteiger partial charge is 0.462 e. The Morgan fingerprint density at radius 2 is 1.92 bits per heavy atom. The molecule has 1 aliphatic carbocycles. The molecule has 0 aliphatic heterocycles. The number of nitrogens with zero attached hydrogens (tertiary/aromatic N) is 1. The molecule has 1 aliphatic rings. The maximum Gasteiger partial charge on any atom is 0.341 e. The summed E-state index contributed by atoms with van der Waals surface area (Å²) in [7, 11) is 0. The Bertz CT molecular complexity index is 1440. The summed E-state index contributed by atoms with van der Waals surface area (Å²) in [6.07, 6.45) is 3.52. The summed E-state index contributed by atoms with van der Waals surface area (Å²) in [5, 5.41) is 4.44. The van der Waals surface area contributed by atoms with E-state index in [4.69, 9.17) is 9.72 Å². The molecular weight excluding hydrogens is 468 g/mol. The Balaban J connectivity index is 1.56. The number of ether oxygens (including phenoxy) is 1. The molecule has 0 radical (unpaired) electrons. The molecule has 2 heterocycles. The van der Waals surface area contributed by atoms with E-state index in [1.165, 1.54) is 16.2 Å². The second kappa shape index (κ2) is 10.2. The number of esters is 1. The minimum absolute atomic E-state index is 0.252. The number of hydrogen-bond acceptors (Lipinski definition) is 5. The van der Waals surface area contributed by atoms with Crippen LogP contribution in [0.1, 0.15) is 63.4 Å². The van der Waals surface area contributed by atoms with Gasteiger partial charge in [-0.3, -0.25) is 4.79 Å². The van der Waals surface area contributed by atoms with Gasteiger partial charge >= 0.3 is 5.97 Å². The van der Waals surface area contributed by atoms with E-state index in [1.807, 2.05) is 68.4 Å². The van der Waals surface area contributed by atoms with Crippen molar-refractivity contribution >= 4 is 39.1 Å². The summed E-state index contributed by atoms with van der Waals surface area (Å²) in [5.41, 5.74) is 5.70. The second-order valence-corrected chi connectivity index (χ2v) is 10.7. The number of amides is 1. The highest BCUT2D eigenvalue weighted by atomic mass is 32.1. The van der Waals surface area contributed by atoms with Crippen molar-refractivity contribution in [3.63, 3.8) is 0 Å². The fourth-order valence-electron chi connectivity index (χ4n) is 4.73. The van der Waals surface area contributed by atoms with E-state index in [2.05, 4.69) is 12.2 Å². The minimum atomic E-state index is -0.348. The SMILES string of the molecule is CCCOC(=O)c1c(NC(=O)c2cc(-c3ccc(C)cc3)nc3ccccc23)sc2c1CC[C@H](C)C2. The maximum absolute atomic E-state index is 13.7. The third-order valence-electron chi connectivity index (χ3n) is 6.69. The number of carbonyl (C=O) groups excluding carboxylic acids is 2. The Morgan fingerprint density at radius 1 is 1.14 bits per heavy atom. The molecule has 5 rings (SSSR count). The zero-order valence-electron chi connectivity index (χ0n) is 20.9. The molecule has 36 heavy (non-hydrogen) atoms. The molecule has 0 spiro atoms. The van der Waals surface area contributed by atoms with Gasteiger partial charge in [-0.1, -0.05) is 61.9 Å². The molecule has 2 aromatic heterocycles. The molecule has 1 atom stereocenters. The average Bonchev–Trinajstić information content (AvgIpc) is 3.23. The molecule has 1 amide bonds. The molecule has 0 fully saturated rings. The first-order chi connectivity index (χ1) is 17.4. The molecule has 0 bridgehead atoms. The third kappa shape index (κ3) is 4.78. The van der Waals surface area contributed by atoms with E-state index in [1.54, 1.807) is 0 Å². The summed E-state index contributed by atoms with van der Waals surface area (Å²) in [6, 6.07) is 17.6. The van der Waals surface area contributed by atoms with Crippen LogP contribution in [0, 0.1) is 12.8 Å². The molecule has 1 N–H and O–H groups in total. The molecule has 5 nitrogen and oxygen atoms in total. The van der Waals surface area contributed by atoms with Gasteiger partial charge in [0.2, 0.25) is 0 Å². The van der Waals surface area contributed by atoms with E-state index in [-0.39, 0.29) is 11.9 Å². The van der Waals surface area contributed by atoms with Crippen molar-refractivity contribution in [3.05, 3.63) is 81.7 Å². The van der Waals surface area contributed by atoms with Gasteiger partial charge in [0.25, 0.3) is 5.91 Å². The van der Waals surface area contributed by atoms with Crippen LogP contribution in [0.25, 0.3) is 22.2 Å². The molecule has 184 valence electrons. The smallest absolute Gasteiger partial charge is 0.341 e. The number of benzene rings is 2. The number of nitrogens with one attached hydrogen (secondary N) is 1. The van der Waals surface area contributed by atoms with Crippen LogP contribution in [0.3, 0.4) is 0 Å². The predicted octanol–water partition coefficient (Wildman–Crippen LogP) is 7.22. The number of aryl methyl sites for hydroxylation is 1. The Labute approximate surface area is 215 Å². The Morgan fingerprint density at radius 3 is 2.69 bits per heavy atom. The van der Waals surface area contributed by atoms with Crippen molar-refractivity contribution in [3.8, 4) is 11.3 Å². The van der Waals surface area contributed by atoms with Crippen molar-refractivity contribution < 1.29 is 14.3 Å². The average molecular weight is 499 g/mol. The van der Waals surface area contributed by atoms with Crippen molar-refractivity contribution in [1.29, 1.82) is 0 Å². The monoisotopic (exact) mass is 498 g/mol. The van der Waals surface area contributed by atoms with Crippen molar-refractivity contribution in [2.24, 2.45) is 5.92 Å². The van der Waals surface area contributed by atoms with Crippen molar-refractivity contribution in [2.45, 2.75) is 46.5 Å². The number of carbonyl (C=O) groups is 2. The van der Waals surface area contributed by atoms with Gasteiger partial charge in [-0.25, -0.2) is 9.78 Å². The molecule has 0 saturated heterocycles. The number of para-hydroxylation sites is 1. The highest BCUT2D eigenvalue weighted by molar-refractivity contribution is 7.17. The van der Waals surface area contributed by atoms with Crippen LogP contribution in [-0.4, -0.2) is 23.5 Å². The highest BCUT2D eigenvalue weighted by Gasteiger charge is 2.29. The minimum Gasteiger partial charge on any atom is -0.462 e. The number of pyridine rings is 1. The first-order valence-corrected chi connectivity index (χ1v) is 13.4. The number of fused-ring (bicyclic) bond motifs is 2. The van der Waals surface area contributed by atoms with Gasteiger partial charge in [-0.2, -0.15) is 0 Å². The molecular formula is C30H30N2O3S. The molecule has 6 heteroatoms. The number of rotatable bonds is 6. The van der Waals surface area contributed by atoms with Crippen LogP contribution in [0.5, 0.6) is 0 Å². The predicted molar refractivity (Wildman–Crippen MR) is 146 cm³/mol. The van der Waals surface area contributed by atoms with E-state index in [9.17, 15) is 9.59 Å². The first kappa shape index (κ1) is 24.2. The van der Waals surface area contributed by atoms with Crippen LogP contribution >= 0.6 is 11.3 Å². The quantitative estimate of drug-likeness (QED) is 0.285. The van der Waals surface area contributed by atoms with E-state index in [0.717, 1.165) is 59.0 Å². The lowest BCUT2D eigenvalue weighted by Crippen LogP contribution is -2.17. The summed E-state index contributed by atoms with van der Waals surface area (Å²) in [5.74, 6) is -0.0438. The van der Waals surface area contributed by atoms with E-state index in [0.29, 0.717) is 28.7 Å². The fourth-order valence-corrected chi connectivity index (χ4v) is 6.12. The molecule has 0 saturated carbocycles. The third-order valence-corrected chi connectivity index (χ3v) is 7.86. The first-order valence-electron chi connectivity index (χ1n) is 12.5. The lowest BCUT2D eigenvalue weighted by Gasteiger charge is -2.18. The zero-order valence-corrected chi connectivity index (χ0v) is 21.7. The summed E-state index contributed by atoms with van der Waals surface area (Å²) >= 11 is 1.51. The van der Waals surface area contributed by atoms with Gasteiger partial charge in [-0.15, -0.1) is 11.3 Å². The van der Waals surface area contributed by atoms with Gasteiger partial charge < -0.3 is 10.1 Å². The second-order valence-electron chi connectivity index (χ2n) is 9.58. The van der Waals surface area contributed by atoms with E-state index >= 15 is 0 Å².